The van der Waals surface area contributed by atoms with Crippen molar-refractivity contribution in [2.24, 2.45) is 0 Å². The third kappa shape index (κ3) is 2.46. The van der Waals surface area contributed by atoms with Gasteiger partial charge in [0.05, 0.1) is 7.11 Å². The smallest absolute Gasteiger partial charge is 0.351 e. The molecule has 14 heavy (non-hydrogen) atoms. The summed E-state index contributed by atoms with van der Waals surface area (Å²) in [6, 6.07) is 0. The number of hydrogen-bond acceptors (Lipinski definition) is 5. The van der Waals surface area contributed by atoms with Crippen molar-refractivity contribution in [3.63, 3.8) is 0 Å². The zero-order chi connectivity index (χ0) is 10.6. The summed E-state index contributed by atoms with van der Waals surface area (Å²) in [6.07, 6.45) is 1.58. The lowest BCUT2D eigenvalue weighted by molar-refractivity contribution is 0.0606. The molecule has 4 nitrogen and oxygen atoms in total. The van der Waals surface area contributed by atoms with Gasteiger partial charge in [-0.3, -0.25) is 0 Å². The summed E-state index contributed by atoms with van der Waals surface area (Å²) in [4.78, 5) is 15.2. The molecule has 6 heteroatoms. The molecule has 0 bridgehead atoms. The van der Waals surface area contributed by atoms with Crippen LogP contribution in [0.5, 0.6) is 5.19 Å². The molecular weight excluding hydrogens is 226 g/mol. The summed E-state index contributed by atoms with van der Waals surface area (Å²) in [6.45, 7) is 3.81. The second-order valence-corrected chi connectivity index (χ2v) is 3.51. The van der Waals surface area contributed by atoms with Gasteiger partial charge in [-0.05, 0) is 0 Å². The van der Waals surface area contributed by atoms with E-state index in [2.05, 4.69) is 16.3 Å². The monoisotopic (exact) mass is 233 g/mol. The molecule has 0 radical (unpaired) electrons. The van der Waals surface area contributed by atoms with Crippen LogP contribution in [0.3, 0.4) is 0 Å². The third-order valence-corrected chi connectivity index (χ3v) is 2.60. The summed E-state index contributed by atoms with van der Waals surface area (Å²) in [5, 5.41) is 0.427. The first-order valence-electron chi connectivity index (χ1n) is 3.67. The highest BCUT2D eigenvalue weighted by molar-refractivity contribution is 7.15. The second kappa shape index (κ2) is 4.97. The van der Waals surface area contributed by atoms with Crippen molar-refractivity contribution < 1.29 is 14.3 Å². The molecule has 76 valence electrons. The predicted octanol–water partition coefficient (Wildman–Crippen LogP) is 2.15. The predicted molar refractivity (Wildman–Crippen MR) is 54.2 cm³/mol. The van der Waals surface area contributed by atoms with E-state index in [1.165, 1.54) is 7.11 Å². The normalized spacial score (nSPS) is 9.57. The number of methoxy groups -OCH3 is 1. The molecule has 1 heterocycles. The second-order valence-electron chi connectivity index (χ2n) is 2.19. The maximum atomic E-state index is 11.1. The van der Waals surface area contributed by atoms with Crippen LogP contribution in [-0.2, 0) is 4.74 Å². The van der Waals surface area contributed by atoms with E-state index in [1.807, 2.05) is 0 Å². The molecule has 0 aliphatic rings. The van der Waals surface area contributed by atoms with E-state index in [4.69, 9.17) is 16.3 Å². The Morgan fingerprint density at radius 2 is 2.50 bits per heavy atom. The summed E-state index contributed by atoms with van der Waals surface area (Å²) in [5.41, 5.74) is 0. The highest BCUT2D eigenvalue weighted by Crippen LogP contribution is 2.29. The molecule has 0 N–H and O–H groups in total. The molecule has 1 aromatic heterocycles. The van der Waals surface area contributed by atoms with Gasteiger partial charge >= 0.3 is 5.97 Å². The minimum absolute atomic E-state index is 0.0981. The Balaban J connectivity index is 2.81. The average Bonchev–Trinajstić information content (AvgIpc) is 2.55. The first kappa shape index (κ1) is 11.0. The molecule has 0 atom stereocenters. The third-order valence-electron chi connectivity index (χ3n) is 1.26. The fraction of sp³-hybridized carbons (Fsp3) is 0.250. The van der Waals surface area contributed by atoms with Crippen LogP contribution in [-0.4, -0.2) is 24.7 Å². The molecule has 0 fully saturated rings. The number of nitrogens with zero attached hydrogens (tertiary/aromatic N) is 1. The van der Waals surface area contributed by atoms with Gasteiger partial charge in [0.2, 0.25) is 0 Å². The van der Waals surface area contributed by atoms with Gasteiger partial charge in [-0.25, -0.2) is 4.79 Å². The van der Waals surface area contributed by atoms with Crippen LogP contribution in [0.25, 0.3) is 0 Å². The van der Waals surface area contributed by atoms with Crippen LogP contribution in [0.2, 0.25) is 5.15 Å². The molecule has 0 saturated heterocycles. The minimum Gasteiger partial charge on any atom is -0.466 e. The Morgan fingerprint density at radius 1 is 1.79 bits per heavy atom. The summed E-state index contributed by atoms with van der Waals surface area (Å²) < 4.78 is 9.61. The van der Waals surface area contributed by atoms with Crippen LogP contribution in [0.1, 0.15) is 9.67 Å². The van der Waals surface area contributed by atoms with E-state index < -0.39 is 5.97 Å². The van der Waals surface area contributed by atoms with Crippen LogP contribution >= 0.6 is 22.9 Å². The van der Waals surface area contributed by atoms with E-state index >= 15 is 0 Å². The van der Waals surface area contributed by atoms with Gasteiger partial charge in [0, 0.05) is 0 Å². The highest BCUT2D eigenvalue weighted by Gasteiger charge is 2.17. The van der Waals surface area contributed by atoms with Crippen LogP contribution in [0.15, 0.2) is 12.7 Å². The SMILES string of the molecule is C=CCOc1nc(Cl)c(C(=O)OC)s1. The number of ether oxygens (including phenoxy) is 2. The Kier molecular flexibility index (Phi) is 3.91. The molecule has 0 amide bonds. The number of carbonyl (C=O) groups excluding carboxylic acids is 1. The standard InChI is InChI=1S/C8H8ClNO3S/c1-3-4-13-8-10-6(9)5(14-8)7(11)12-2/h3H,1,4H2,2H3. The van der Waals surface area contributed by atoms with E-state index in [1.54, 1.807) is 6.08 Å². The summed E-state index contributed by atoms with van der Waals surface area (Å²) in [7, 11) is 1.28. The number of hydrogen-bond donors (Lipinski definition) is 0. The quantitative estimate of drug-likeness (QED) is 0.591. The topological polar surface area (TPSA) is 48.4 Å². The number of halogens is 1. The average molecular weight is 234 g/mol. The number of esters is 1. The van der Waals surface area contributed by atoms with Gasteiger partial charge < -0.3 is 9.47 Å². The zero-order valence-electron chi connectivity index (χ0n) is 7.45. The van der Waals surface area contributed by atoms with Crippen molar-refractivity contribution in [1.29, 1.82) is 0 Å². The van der Waals surface area contributed by atoms with Gasteiger partial charge in [-0.1, -0.05) is 35.6 Å². The molecule has 0 unspecified atom stereocenters. The number of aromatic nitrogens is 1. The van der Waals surface area contributed by atoms with Crippen molar-refractivity contribution in [3.05, 3.63) is 22.7 Å². The summed E-state index contributed by atoms with van der Waals surface area (Å²) >= 11 is 6.73. The maximum Gasteiger partial charge on any atom is 0.351 e. The highest BCUT2D eigenvalue weighted by atomic mass is 35.5. The van der Waals surface area contributed by atoms with E-state index in [0.717, 1.165) is 11.3 Å². The van der Waals surface area contributed by atoms with Gasteiger partial charge in [0.25, 0.3) is 5.19 Å². The Labute approximate surface area is 90.1 Å². The van der Waals surface area contributed by atoms with E-state index in [9.17, 15) is 4.79 Å². The maximum absolute atomic E-state index is 11.1. The molecule has 0 aliphatic heterocycles. The molecule has 0 spiro atoms. The van der Waals surface area contributed by atoms with Crippen molar-refractivity contribution in [2.45, 2.75) is 0 Å². The first-order chi connectivity index (χ1) is 6.69. The fourth-order valence-electron chi connectivity index (χ4n) is 0.694. The first-order valence-corrected chi connectivity index (χ1v) is 4.86. The van der Waals surface area contributed by atoms with Gasteiger partial charge in [0.15, 0.2) is 10.0 Å². The van der Waals surface area contributed by atoms with Crippen molar-refractivity contribution >= 4 is 28.9 Å². The van der Waals surface area contributed by atoms with Crippen molar-refractivity contribution in [1.82, 2.24) is 4.98 Å². The van der Waals surface area contributed by atoms with Crippen LogP contribution < -0.4 is 4.74 Å². The summed E-state index contributed by atoms with van der Waals surface area (Å²) in [5.74, 6) is -0.513. The fourth-order valence-corrected chi connectivity index (χ4v) is 1.75. The molecule has 0 aromatic carbocycles. The molecule has 0 aliphatic carbocycles. The molecule has 1 aromatic rings. The van der Waals surface area contributed by atoms with Crippen molar-refractivity contribution in [3.8, 4) is 5.19 Å². The minimum atomic E-state index is -0.513. The van der Waals surface area contributed by atoms with E-state index in [0.29, 0.717) is 11.8 Å². The Morgan fingerprint density at radius 3 is 3.07 bits per heavy atom. The number of carbonyl (C=O) groups is 1. The van der Waals surface area contributed by atoms with Crippen molar-refractivity contribution in [2.75, 3.05) is 13.7 Å². The zero-order valence-corrected chi connectivity index (χ0v) is 9.02. The van der Waals surface area contributed by atoms with Gasteiger partial charge in [0.1, 0.15) is 6.61 Å². The number of rotatable bonds is 4. The molecule has 1 rings (SSSR count). The lowest BCUT2D eigenvalue weighted by atomic mass is 10.6. The van der Waals surface area contributed by atoms with Gasteiger partial charge in [-0.2, -0.15) is 4.98 Å². The molecular formula is C8H8ClNO3S. The lowest BCUT2D eigenvalue weighted by Gasteiger charge is -1.94. The largest absolute Gasteiger partial charge is 0.466 e. The van der Waals surface area contributed by atoms with Gasteiger partial charge in [-0.15, -0.1) is 0 Å². The number of thiazole rings is 1. The Bertz CT molecular complexity index is 350. The Hall–Kier alpha value is -1.07. The lowest BCUT2D eigenvalue weighted by Crippen LogP contribution is -1.98. The van der Waals surface area contributed by atoms with Crippen LogP contribution in [0, 0.1) is 0 Å². The molecule has 0 saturated carbocycles. The van der Waals surface area contributed by atoms with Crippen LogP contribution in [0.4, 0.5) is 0 Å². The van der Waals surface area contributed by atoms with E-state index in [-0.39, 0.29) is 10.0 Å².